The van der Waals surface area contributed by atoms with E-state index in [9.17, 15) is 4.79 Å². The number of aryl methyl sites for hydroxylation is 1. The van der Waals surface area contributed by atoms with Gasteiger partial charge < -0.3 is 15.0 Å². The van der Waals surface area contributed by atoms with E-state index in [0.29, 0.717) is 6.54 Å². The maximum absolute atomic E-state index is 13.3. The normalized spacial score (nSPS) is 15.5. The highest BCUT2D eigenvalue weighted by Crippen LogP contribution is 2.28. The van der Waals surface area contributed by atoms with Crippen molar-refractivity contribution < 1.29 is 9.53 Å². The SMILES string of the molecule is CC[C@@H](NC(=O)N(Cc1ccccc1OC)C1CCCC1)c1ccnn1C. The highest BCUT2D eigenvalue weighted by molar-refractivity contribution is 5.75. The number of nitrogens with one attached hydrogen (secondary N) is 1. The number of methoxy groups -OCH3 is 1. The van der Waals surface area contributed by atoms with Crippen LogP contribution in [0.5, 0.6) is 5.75 Å². The molecule has 1 aromatic heterocycles. The molecule has 3 rings (SSSR count). The number of hydrogen-bond donors (Lipinski definition) is 1. The molecule has 0 aliphatic heterocycles. The molecular weight excluding hydrogens is 340 g/mol. The topological polar surface area (TPSA) is 59.4 Å². The molecule has 0 radical (unpaired) electrons. The smallest absolute Gasteiger partial charge is 0.318 e. The van der Waals surface area contributed by atoms with Gasteiger partial charge in [0, 0.05) is 24.8 Å². The minimum Gasteiger partial charge on any atom is -0.496 e. The Hall–Kier alpha value is -2.50. The van der Waals surface area contributed by atoms with Gasteiger partial charge in [-0.05, 0) is 31.4 Å². The molecule has 1 aliphatic carbocycles. The van der Waals surface area contributed by atoms with Gasteiger partial charge in [-0.15, -0.1) is 0 Å². The number of benzene rings is 1. The Morgan fingerprint density at radius 2 is 2.07 bits per heavy atom. The Labute approximate surface area is 161 Å². The number of carbonyl (C=O) groups is 1. The van der Waals surface area contributed by atoms with Crippen molar-refractivity contribution >= 4 is 6.03 Å². The molecule has 1 N–H and O–H groups in total. The van der Waals surface area contributed by atoms with Crippen molar-refractivity contribution in [3.63, 3.8) is 0 Å². The van der Waals surface area contributed by atoms with Gasteiger partial charge in [0.25, 0.3) is 0 Å². The number of para-hydroxylation sites is 1. The van der Waals surface area contributed by atoms with Crippen LogP contribution in [0.2, 0.25) is 0 Å². The first-order valence-electron chi connectivity index (χ1n) is 9.81. The number of amides is 2. The first-order valence-corrected chi connectivity index (χ1v) is 9.81. The van der Waals surface area contributed by atoms with Crippen molar-refractivity contribution in [3.05, 3.63) is 47.8 Å². The zero-order valence-corrected chi connectivity index (χ0v) is 16.5. The standard InChI is InChI=1S/C21H30N4O2/c1-4-18(19-13-14-22-24(19)2)23-21(26)25(17-10-6-7-11-17)15-16-9-5-8-12-20(16)27-3/h5,8-9,12-14,17-18H,4,6-7,10-11,15H2,1-3H3,(H,23,26)/t18-/m1/s1. The van der Waals surface area contributed by atoms with Gasteiger partial charge in [0.1, 0.15) is 5.75 Å². The van der Waals surface area contributed by atoms with Crippen LogP contribution in [0, 0.1) is 0 Å². The molecule has 0 bridgehead atoms. The zero-order chi connectivity index (χ0) is 19.2. The lowest BCUT2D eigenvalue weighted by Gasteiger charge is -2.31. The van der Waals surface area contributed by atoms with Crippen molar-refractivity contribution in [2.24, 2.45) is 7.05 Å². The Morgan fingerprint density at radius 3 is 2.70 bits per heavy atom. The summed E-state index contributed by atoms with van der Waals surface area (Å²) in [5.41, 5.74) is 2.06. The van der Waals surface area contributed by atoms with Gasteiger partial charge in [0.15, 0.2) is 0 Å². The molecule has 1 atom stereocenters. The summed E-state index contributed by atoms with van der Waals surface area (Å²) < 4.78 is 7.32. The quantitative estimate of drug-likeness (QED) is 0.800. The Balaban J connectivity index is 1.80. The molecule has 1 fully saturated rings. The van der Waals surface area contributed by atoms with Gasteiger partial charge in [-0.2, -0.15) is 5.10 Å². The third kappa shape index (κ3) is 4.43. The molecule has 6 nitrogen and oxygen atoms in total. The molecule has 6 heteroatoms. The van der Waals surface area contributed by atoms with Gasteiger partial charge in [-0.1, -0.05) is 38.0 Å². The highest BCUT2D eigenvalue weighted by atomic mass is 16.5. The van der Waals surface area contributed by atoms with Crippen LogP contribution in [0.3, 0.4) is 0 Å². The van der Waals surface area contributed by atoms with E-state index >= 15 is 0 Å². The maximum Gasteiger partial charge on any atom is 0.318 e. The van der Waals surface area contributed by atoms with Crippen molar-refractivity contribution in [2.75, 3.05) is 7.11 Å². The van der Waals surface area contributed by atoms with E-state index in [4.69, 9.17) is 4.74 Å². The number of urea groups is 1. The van der Waals surface area contributed by atoms with Crippen LogP contribution in [0.1, 0.15) is 56.3 Å². The largest absolute Gasteiger partial charge is 0.496 e. The van der Waals surface area contributed by atoms with E-state index in [1.807, 2.05) is 47.0 Å². The molecule has 1 aromatic carbocycles. The van der Waals surface area contributed by atoms with Crippen molar-refractivity contribution in [1.82, 2.24) is 20.0 Å². The second-order valence-electron chi connectivity index (χ2n) is 7.17. The third-order valence-corrected chi connectivity index (χ3v) is 5.48. The van der Waals surface area contributed by atoms with Gasteiger partial charge >= 0.3 is 6.03 Å². The molecule has 146 valence electrons. The lowest BCUT2D eigenvalue weighted by molar-refractivity contribution is 0.165. The Morgan fingerprint density at radius 1 is 1.33 bits per heavy atom. The average molecular weight is 370 g/mol. The summed E-state index contributed by atoms with van der Waals surface area (Å²) >= 11 is 0. The molecule has 1 heterocycles. The lowest BCUT2D eigenvalue weighted by Crippen LogP contribution is -2.46. The second-order valence-corrected chi connectivity index (χ2v) is 7.17. The van der Waals surface area contributed by atoms with Crippen LogP contribution >= 0.6 is 0 Å². The number of nitrogens with zero attached hydrogens (tertiary/aromatic N) is 3. The summed E-state index contributed by atoms with van der Waals surface area (Å²) in [6.07, 6.45) is 7.07. The summed E-state index contributed by atoms with van der Waals surface area (Å²) in [6.45, 7) is 2.64. The summed E-state index contributed by atoms with van der Waals surface area (Å²) in [5.74, 6) is 0.826. The fourth-order valence-corrected chi connectivity index (χ4v) is 3.94. The van der Waals surface area contributed by atoms with E-state index in [-0.39, 0.29) is 18.1 Å². The maximum atomic E-state index is 13.3. The predicted molar refractivity (Wildman–Crippen MR) is 106 cm³/mol. The van der Waals surface area contributed by atoms with Gasteiger partial charge in [0.2, 0.25) is 0 Å². The minimum atomic E-state index is -0.0495. The number of aromatic nitrogens is 2. The fraction of sp³-hybridized carbons (Fsp3) is 0.524. The van der Waals surface area contributed by atoms with Crippen LogP contribution in [0.4, 0.5) is 4.79 Å². The molecule has 1 aliphatic rings. The van der Waals surface area contributed by atoms with Gasteiger partial charge in [-0.3, -0.25) is 4.68 Å². The number of rotatable bonds is 7. The number of carbonyl (C=O) groups excluding carboxylic acids is 1. The van der Waals surface area contributed by atoms with Crippen molar-refractivity contribution in [1.29, 1.82) is 0 Å². The third-order valence-electron chi connectivity index (χ3n) is 5.48. The van der Waals surface area contributed by atoms with Crippen LogP contribution in [-0.2, 0) is 13.6 Å². The van der Waals surface area contributed by atoms with Crippen molar-refractivity contribution in [2.45, 2.75) is 57.7 Å². The van der Waals surface area contributed by atoms with E-state index in [1.54, 1.807) is 13.3 Å². The molecule has 0 saturated heterocycles. The molecule has 2 aromatic rings. The zero-order valence-electron chi connectivity index (χ0n) is 16.5. The first kappa shape index (κ1) is 19.3. The molecule has 27 heavy (non-hydrogen) atoms. The number of ether oxygens (including phenoxy) is 1. The fourth-order valence-electron chi connectivity index (χ4n) is 3.94. The minimum absolute atomic E-state index is 0.0131. The Kier molecular flexibility index (Phi) is 6.37. The summed E-state index contributed by atoms with van der Waals surface area (Å²) in [5, 5.41) is 7.47. The molecular formula is C21H30N4O2. The predicted octanol–water partition coefficient (Wildman–Crippen LogP) is 4.03. The van der Waals surface area contributed by atoms with E-state index in [2.05, 4.69) is 17.3 Å². The van der Waals surface area contributed by atoms with E-state index in [1.165, 1.54) is 12.8 Å². The summed E-state index contributed by atoms with van der Waals surface area (Å²) in [4.78, 5) is 15.2. The molecule has 2 amide bonds. The summed E-state index contributed by atoms with van der Waals surface area (Å²) in [6, 6.07) is 10.1. The Bertz CT molecular complexity index is 752. The second kappa shape index (κ2) is 8.93. The van der Waals surface area contributed by atoms with Gasteiger partial charge in [-0.25, -0.2) is 4.79 Å². The lowest BCUT2D eigenvalue weighted by atomic mass is 10.1. The molecule has 0 unspecified atom stereocenters. The average Bonchev–Trinajstić information content (AvgIpc) is 3.36. The molecule has 1 saturated carbocycles. The van der Waals surface area contributed by atoms with Crippen LogP contribution in [0.15, 0.2) is 36.5 Å². The van der Waals surface area contributed by atoms with Crippen molar-refractivity contribution in [3.8, 4) is 5.75 Å². The van der Waals surface area contributed by atoms with E-state index in [0.717, 1.165) is 36.3 Å². The molecule has 0 spiro atoms. The monoisotopic (exact) mass is 370 g/mol. The van der Waals surface area contributed by atoms with Crippen LogP contribution in [-0.4, -0.2) is 33.9 Å². The van der Waals surface area contributed by atoms with Crippen LogP contribution < -0.4 is 10.1 Å². The number of hydrogen-bond acceptors (Lipinski definition) is 3. The first-order chi connectivity index (χ1) is 13.1. The summed E-state index contributed by atoms with van der Waals surface area (Å²) in [7, 11) is 3.59. The van der Waals surface area contributed by atoms with Crippen LogP contribution in [0.25, 0.3) is 0 Å². The van der Waals surface area contributed by atoms with E-state index < -0.39 is 0 Å². The highest BCUT2D eigenvalue weighted by Gasteiger charge is 2.29. The van der Waals surface area contributed by atoms with Gasteiger partial charge in [0.05, 0.1) is 25.4 Å².